The summed E-state index contributed by atoms with van der Waals surface area (Å²) in [5.41, 5.74) is 9.47. The van der Waals surface area contributed by atoms with Crippen molar-refractivity contribution in [3.63, 3.8) is 0 Å². The molecule has 37 heavy (non-hydrogen) atoms. The Balaban J connectivity index is 0.959. The molecule has 0 amide bonds. The summed E-state index contributed by atoms with van der Waals surface area (Å²) in [6, 6.07) is 6.40. The third kappa shape index (κ3) is 3.88. The molecule has 9 rings (SSSR count). The molecule has 3 aliphatic carbocycles. The first-order valence-electron chi connectivity index (χ1n) is 13.0. The highest BCUT2D eigenvalue weighted by Gasteiger charge is 2.55. The second-order valence-corrected chi connectivity index (χ2v) is 12.0. The molecule has 6 heterocycles. The lowest BCUT2D eigenvalue weighted by atomic mass is 9.44. The van der Waals surface area contributed by atoms with Crippen LogP contribution in [0.1, 0.15) is 41.6 Å². The summed E-state index contributed by atoms with van der Waals surface area (Å²) in [7, 11) is 0. The van der Waals surface area contributed by atoms with E-state index in [1.54, 1.807) is 0 Å². The van der Waals surface area contributed by atoms with Crippen molar-refractivity contribution in [1.29, 1.82) is 0 Å². The molecule has 0 aromatic carbocycles. The van der Waals surface area contributed by atoms with E-state index in [1.807, 2.05) is 35.0 Å². The molecule has 2 bridgehead atoms. The number of pyridine rings is 2. The van der Waals surface area contributed by atoms with E-state index < -0.39 is 0 Å². The van der Waals surface area contributed by atoms with Gasteiger partial charge in [0.25, 0.3) is 0 Å². The van der Waals surface area contributed by atoms with Gasteiger partial charge in [-0.1, -0.05) is 11.3 Å². The standard InChI is InChI=1S/C28H28N8S/c1-2-27-31-24(13-35(27)10-19(1)7-30-18-28-4-20(5-28)6-28)14-36-15-26(32-33-36)21-3-25(9-29-8-21)34-11-22-16-37-17-23(22)12-34/h1-3,8-13,15,20,30H,4-7,14,16-18H2. The van der Waals surface area contributed by atoms with Crippen LogP contribution in [0.3, 0.4) is 0 Å². The fourth-order valence-corrected chi connectivity index (χ4v) is 7.28. The van der Waals surface area contributed by atoms with Crippen LogP contribution in [0.25, 0.3) is 22.6 Å². The zero-order valence-corrected chi connectivity index (χ0v) is 21.4. The maximum atomic E-state index is 4.79. The van der Waals surface area contributed by atoms with Gasteiger partial charge in [0.2, 0.25) is 0 Å². The molecule has 5 aromatic heterocycles. The van der Waals surface area contributed by atoms with Crippen LogP contribution < -0.4 is 5.32 Å². The van der Waals surface area contributed by atoms with Gasteiger partial charge in [0.15, 0.2) is 0 Å². The molecule has 0 unspecified atom stereocenters. The minimum atomic E-state index is 0.570. The second kappa shape index (κ2) is 8.29. The molecule has 5 aromatic rings. The SMILES string of the molecule is c1cc2nc(Cn3cc(-c4cncc(-n5cc6c(c5)CSC6)c4)nn3)cn2cc1CNCC12CC(C1)C2. The lowest BCUT2D eigenvalue weighted by molar-refractivity contribution is -0.103. The third-order valence-electron chi connectivity index (χ3n) is 8.25. The van der Waals surface area contributed by atoms with E-state index in [2.05, 4.69) is 72.6 Å². The van der Waals surface area contributed by atoms with Crippen LogP contribution in [-0.2, 0) is 24.6 Å². The van der Waals surface area contributed by atoms with Gasteiger partial charge in [0.05, 0.1) is 30.3 Å². The zero-order valence-electron chi connectivity index (χ0n) is 20.5. The molecule has 0 saturated heterocycles. The van der Waals surface area contributed by atoms with E-state index >= 15 is 0 Å². The molecule has 0 atom stereocenters. The van der Waals surface area contributed by atoms with Gasteiger partial charge < -0.3 is 14.3 Å². The Bertz CT molecular complexity index is 1590. The van der Waals surface area contributed by atoms with Gasteiger partial charge in [-0.05, 0) is 59.4 Å². The average molecular weight is 509 g/mol. The topological polar surface area (TPSA) is 77.9 Å². The van der Waals surface area contributed by atoms with Crippen molar-refractivity contribution in [3.05, 3.63) is 84.0 Å². The number of rotatable bonds is 8. The van der Waals surface area contributed by atoms with Gasteiger partial charge >= 0.3 is 0 Å². The highest BCUT2D eigenvalue weighted by atomic mass is 32.2. The van der Waals surface area contributed by atoms with E-state index in [0.717, 1.165) is 58.8 Å². The van der Waals surface area contributed by atoms with Crippen molar-refractivity contribution in [3.8, 4) is 16.9 Å². The maximum Gasteiger partial charge on any atom is 0.137 e. The van der Waals surface area contributed by atoms with Crippen LogP contribution in [0, 0.1) is 11.3 Å². The van der Waals surface area contributed by atoms with Gasteiger partial charge in [0, 0.05) is 61.1 Å². The van der Waals surface area contributed by atoms with Crippen molar-refractivity contribution < 1.29 is 0 Å². The lowest BCUT2D eigenvalue weighted by Crippen LogP contribution is -2.56. The smallest absolute Gasteiger partial charge is 0.137 e. The summed E-state index contributed by atoms with van der Waals surface area (Å²) in [6.45, 7) is 2.62. The van der Waals surface area contributed by atoms with Crippen LogP contribution in [0.4, 0.5) is 0 Å². The molecule has 0 radical (unpaired) electrons. The molecule has 0 spiro atoms. The molecule has 9 heteroatoms. The number of fused-ring (bicyclic) bond motifs is 2. The number of hydrogen-bond donors (Lipinski definition) is 1. The number of hydrogen-bond acceptors (Lipinski definition) is 6. The van der Waals surface area contributed by atoms with Gasteiger partial charge in [-0.15, -0.1) is 5.10 Å². The Labute approximate surface area is 219 Å². The third-order valence-corrected chi connectivity index (χ3v) is 9.28. The first-order valence-corrected chi connectivity index (χ1v) is 14.1. The Kier molecular flexibility index (Phi) is 4.85. The van der Waals surface area contributed by atoms with Crippen molar-refractivity contribution in [2.75, 3.05) is 6.54 Å². The second-order valence-electron chi connectivity index (χ2n) is 11.1. The Morgan fingerprint density at radius 1 is 1.00 bits per heavy atom. The normalized spacial score (nSPS) is 21.7. The molecule has 1 N–H and O–H groups in total. The molecule has 1 aliphatic heterocycles. The number of nitrogens with one attached hydrogen (secondary N) is 1. The van der Waals surface area contributed by atoms with Gasteiger partial charge in [-0.3, -0.25) is 4.98 Å². The Morgan fingerprint density at radius 3 is 2.68 bits per heavy atom. The largest absolute Gasteiger partial charge is 0.322 e. The highest BCUT2D eigenvalue weighted by Crippen LogP contribution is 2.63. The number of thioether (sulfide) groups is 1. The molecular weight excluding hydrogens is 480 g/mol. The first kappa shape index (κ1) is 21.6. The summed E-state index contributed by atoms with van der Waals surface area (Å²) < 4.78 is 6.13. The van der Waals surface area contributed by atoms with Crippen molar-refractivity contribution in [2.45, 2.75) is 43.9 Å². The van der Waals surface area contributed by atoms with E-state index in [9.17, 15) is 0 Å². The van der Waals surface area contributed by atoms with Crippen molar-refractivity contribution in [2.24, 2.45) is 11.3 Å². The highest BCUT2D eigenvalue weighted by molar-refractivity contribution is 7.98. The average Bonchev–Trinajstić information content (AvgIpc) is 3.63. The van der Waals surface area contributed by atoms with E-state index in [4.69, 9.17) is 4.98 Å². The Hall–Kier alpha value is -3.43. The summed E-state index contributed by atoms with van der Waals surface area (Å²) in [6.07, 6.45) is 18.7. The van der Waals surface area contributed by atoms with E-state index in [-0.39, 0.29) is 0 Å². The molecule has 4 aliphatic rings. The van der Waals surface area contributed by atoms with Crippen molar-refractivity contribution >= 4 is 17.4 Å². The first-order chi connectivity index (χ1) is 18.2. The minimum absolute atomic E-state index is 0.570. The molecule has 3 fully saturated rings. The number of nitrogens with zero attached hydrogens (tertiary/aromatic N) is 7. The van der Waals surface area contributed by atoms with E-state index in [1.165, 1.54) is 36.0 Å². The van der Waals surface area contributed by atoms with Crippen LogP contribution in [0.15, 0.2) is 61.6 Å². The summed E-state index contributed by atoms with van der Waals surface area (Å²) in [5.74, 6) is 3.22. The predicted molar refractivity (Wildman–Crippen MR) is 143 cm³/mol. The van der Waals surface area contributed by atoms with Gasteiger partial charge in [0.1, 0.15) is 11.3 Å². The zero-order chi connectivity index (χ0) is 24.4. The summed E-state index contributed by atoms with van der Waals surface area (Å²) in [4.78, 5) is 9.27. The van der Waals surface area contributed by atoms with Crippen LogP contribution in [-0.4, -0.2) is 40.5 Å². The maximum absolute atomic E-state index is 4.79. The fraction of sp³-hybridized carbons (Fsp3) is 0.357. The molecule has 186 valence electrons. The molecular formula is C28H28N8S. The number of aromatic nitrogens is 7. The summed E-state index contributed by atoms with van der Waals surface area (Å²) >= 11 is 1.97. The van der Waals surface area contributed by atoms with Crippen molar-refractivity contribution in [1.82, 2.24) is 39.2 Å². The Morgan fingerprint density at radius 2 is 1.86 bits per heavy atom. The minimum Gasteiger partial charge on any atom is -0.322 e. The quantitative estimate of drug-likeness (QED) is 0.333. The van der Waals surface area contributed by atoms with E-state index in [0.29, 0.717) is 12.0 Å². The van der Waals surface area contributed by atoms with Crippen LogP contribution >= 0.6 is 11.8 Å². The fourth-order valence-electron chi connectivity index (χ4n) is 6.22. The molecule has 8 nitrogen and oxygen atoms in total. The van der Waals surface area contributed by atoms with Crippen LogP contribution in [0.5, 0.6) is 0 Å². The molecule has 3 saturated carbocycles. The summed E-state index contributed by atoms with van der Waals surface area (Å²) in [5, 5.41) is 12.5. The monoisotopic (exact) mass is 508 g/mol. The van der Waals surface area contributed by atoms with Gasteiger partial charge in [-0.2, -0.15) is 11.8 Å². The number of imidazole rings is 1. The van der Waals surface area contributed by atoms with Crippen LogP contribution in [0.2, 0.25) is 0 Å². The van der Waals surface area contributed by atoms with Gasteiger partial charge in [-0.25, -0.2) is 9.67 Å². The predicted octanol–water partition coefficient (Wildman–Crippen LogP) is 4.46. The lowest BCUT2D eigenvalue weighted by Gasteiger charge is -2.62.